The number of nitrogens with zero attached hydrogens (tertiary/aromatic N) is 3. The number of hydrogen-bond donors (Lipinski definition) is 0. The molecule has 0 aliphatic carbocycles. The Morgan fingerprint density at radius 3 is 2.72 bits per heavy atom. The van der Waals surface area contributed by atoms with Crippen LogP contribution in [0.1, 0.15) is 43.7 Å². The van der Waals surface area contributed by atoms with Crippen LogP contribution in [0.5, 0.6) is 0 Å². The lowest BCUT2D eigenvalue weighted by Crippen LogP contribution is -2.45. The lowest BCUT2D eigenvalue weighted by atomic mass is 9.92. The molecule has 1 aromatic carbocycles. The molecule has 1 amide bonds. The number of carbonyl (C=O) groups is 1. The Balaban J connectivity index is 1.53. The quantitative estimate of drug-likeness (QED) is 0.847. The van der Waals surface area contributed by atoms with Gasteiger partial charge in [-0.05, 0) is 62.9 Å². The minimum absolute atomic E-state index is 0.108. The molecule has 2 heterocycles. The van der Waals surface area contributed by atoms with Gasteiger partial charge in [-0.2, -0.15) is 5.26 Å². The highest BCUT2D eigenvalue weighted by Crippen LogP contribution is 2.25. The molecule has 2 saturated heterocycles. The van der Waals surface area contributed by atoms with E-state index in [1.165, 1.54) is 18.6 Å². The highest BCUT2D eigenvalue weighted by molar-refractivity contribution is 5.79. The second-order valence-corrected chi connectivity index (χ2v) is 7.50. The lowest BCUT2D eigenvalue weighted by Gasteiger charge is -2.37. The zero-order chi connectivity index (χ0) is 17.8. The molecule has 2 aliphatic heterocycles. The Kier molecular flexibility index (Phi) is 5.70. The van der Waals surface area contributed by atoms with Crippen molar-refractivity contribution in [3.05, 3.63) is 35.1 Å². The number of halogens is 1. The number of carbonyl (C=O) groups excluding carboxylic acids is 1. The summed E-state index contributed by atoms with van der Waals surface area (Å²) in [5.41, 5.74) is 1.05. The largest absolute Gasteiger partial charge is 0.342 e. The molecule has 5 heteroatoms. The van der Waals surface area contributed by atoms with Gasteiger partial charge >= 0.3 is 0 Å². The van der Waals surface area contributed by atoms with Gasteiger partial charge in [0.05, 0.1) is 11.6 Å². The Bertz CT molecular complexity index is 661. The predicted octanol–water partition coefficient (Wildman–Crippen LogP) is 3.17. The number of nitriles is 1. The summed E-state index contributed by atoms with van der Waals surface area (Å²) >= 11 is 0. The van der Waals surface area contributed by atoms with Crippen LogP contribution in [0.2, 0.25) is 0 Å². The van der Waals surface area contributed by atoms with Crippen LogP contribution in [0.25, 0.3) is 0 Å². The van der Waals surface area contributed by atoms with Crippen molar-refractivity contribution in [1.82, 2.24) is 9.80 Å². The van der Waals surface area contributed by atoms with E-state index in [1.807, 2.05) is 4.90 Å². The average Bonchev–Trinajstić information content (AvgIpc) is 2.63. The Labute approximate surface area is 149 Å². The fourth-order valence-corrected chi connectivity index (χ4v) is 3.99. The van der Waals surface area contributed by atoms with Crippen molar-refractivity contribution in [2.24, 2.45) is 11.8 Å². The topological polar surface area (TPSA) is 47.3 Å². The molecule has 2 aliphatic rings. The zero-order valence-electron chi connectivity index (χ0n) is 14.9. The number of amides is 1. The number of likely N-dealkylation sites (tertiary alicyclic amines) is 2. The standard InChI is InChI=1S/C20H26FN3O/c1-15-3-2-8-24(13-15)20(25)17-6-9-23(10-7-17)14-18-11-16(12-22)4-5-19(18)21/h4-5,11,15,17H,2-3,6-10,13-14H2,1H3/t15-/m0/s1. The van der Waals surface area contributed by atoms with Gasteiger partial charge in [0, 0.05) is 31.1 Å². The van der Waals surface area contributed by atoms with Crippen LogP contribution in [-0.2, 0) is 11.3 Å². The molecule has 0 bridgehead atoms. The minimum Gasteiger partial charge on any atom is -0.342 e. The normalized spacial score (nSPS) is 22.6. The molecule has 25 heavy (non-hydrogen) atoms. The molecule has 0 saturated carbocycles. The molecule has 1 aromatic rings. The van der Waals surface area contributed by atoms with Crippen LogP contribution in [0, 0.1) is 29.0 Å². The summed E-state index contributed by atoms with van der Waals surface area (Å²) < 4.78 is 13.9. The van der Waals surface area contributed by atoms with Gasteiger partial charge in [-0.1, -0.05) is 6.92 Å². The maximum Gasteiger partial charge on any atom is 0.225 e. The van der Waals surface area contributed by atoms with Gasteiger partial charge in [0.25, 0.3) is 0 Å². The third kappa shape index (κ3) is 4.38. The molecule has 0 unspecified atom stereocenters. The van der Waals surface area contributed by atoms with E-state index in [4.69, 9.17) is 5.26 Å². The fourth-order valence-electron chi connectivity index (χ4n) is 3.99. The highest BCUT2D eigenvalue weighted by atomic mass is 19.1. The Hall–Kier alpha value is -1.93. The van der Waals surface area contributed by atoms with Gasteiger partial charge in [0.2, 0.25) is 5.91 Å². The first-order valence-electron chi connectivity index (χ1n) is 9.26. The van der Waals surface area contributed by atoms with Crippen LogP contribution in [0.3, 0.4) is 0 Å². The summed E-state index contributed by atoms with van der Waals surface area (Å²) in [6.07, 6.45) is 4.00. The summed E-state index contributed by atoms with van der Waals surface area (Å²) in [5.74, 6) is 0.758. The average molecular weight is 343 g/mol. The van der Waals surface area contributed by atoms with E-state index in [-0.39, 0.29) is 11.7 Å². The van der Waals surface area contributed by atoms with Crippen LogP contribution in [0.15, 0.2) is 18.2 Å². The molecule has 134 valence electrons. The van der Waals surface area contributed by atoms with Crippen molar-refractivity contribution < 1.29 is 9.18 Å². The Morgan fingerprint density at radius 1 is 1.28 bits per heavy atom. The summed E-state index contributed by atoms with van der Waals surface area (Å²) in [6.45, 7) is 6.11. The lowest BCUT2D eigenvalue weighted by molar-refractivity contribution is -0.138. The molecule has 4 nitrogen and oxygen atoms in total. The number of rotatable bonds is 3. The molecule has 3 rings (SSSR count). The second-order valence-electron chi connectivity index (χ2n) is 7.50. The first-order valence-corrected chi connectivity index (χ1v) is 9.26. The number of benzene rings is 1. The Morgan fingerprint density at radius 2 is 2.04 bits per heavy atom. The first-order chi connectivity index (χ1) is 12.1. The van der Waals surface area contributed by atoms with Gasteiger partial charge in [-0.15, -0.1) is 0 Å². The van der Waals surface area contributed by atoms with Crippen molar-refractivity contribution in [2.75, 3.05) is 26.2 Å². The summed E-state index contributed by atoms with van der Waals surface area (Å²) in [6, 6.07) is 6.55. The molecule has 2 fully saturated rings. The smallest absolute Gasteiger partial charge is 0.225 e. The molecular weight excluding hydrogens is 317 g/mol. The van der Waals surface area contributed by atoms with E-state index >= 15 is 0 Å². The molecule has 0 N–H and O–H groups in total. The number of piperidine rings is 2. The zero-order valence-corrected chi connectivity index (χ0v) is 14.9. The maximum absolute atomic E-state index is 13.9. The van der Waals surface area contributed by atoms with E-state index in [1.54, 1.807) is 6.07 Å². The van der Waals surface area contributed by atoms with Gasteiger partial charge in [-0.25, -0.2) is 4.39 Å². The summed E-state index contributed by atoms with van der Waals surface area (Å²) in [4.78, 5) is 16.9. The van der Waals surface area contributed by atoms with Crippen LogP contribution >= 0.6 is 0 Å². The van der Waals surface area contributed by atoms with Crippen LogP contribution in [-0.4, -0.2) is 41.9 Å². The SMILES string of the molecule is C[C@H]1CCCN(C(=O)C2CCN(Cc3cc(C#N)ccc3F)CC2)C1. The van der Waals surface area contributed by atoms with Crippen LogP contribution < -0.4 is 0 Å². The van der Waals surface area contributed by atoms with Crippen molar-refractivity contribution in [2.45, 2.75) is 39.2 Å². The molecule has 0 radical (unpaired) electrons. The maximum atomic E-state index is 13.9. The fraction of sp³-hybridized carbons (Fsp3) is 0.600. The second kappa shape index (κ2) is 7.97. The van der Waals surface area contributed by atoms with E-state index < -0.39 is 0 Å². The monoisotopic (exact) mass is 343 g/mol. The minimum atomic E-state index is -0.264. The van der Waals surface area contributed by atoms with Crippen molar-refractivity contribution >= 4 is 5.91 Å². The van der Waals surface area contributed by atoms with Crippen molar-refractivity contribution in [3.63, 3.8) is 0 Å². The third-order valence-electron chi connectivity index (χ3n) is 5.47. The predicted molar refractivity (Wildman–Crippen MR) is 94.1 cm³/mol. The molecular formula is C20H26FN3O. The van der Waals surface area contributed by atoms with E-state index in [9.17, 15) is 9.18 Å². The van der Waals surface area contributed by atoms with Gasteiger partial charge < -0.3 is 4.90 Å². The van der Waals surface area contributed by atoms with E-state index in [2.05, 4.69) is 17.9 Å². The van der Waals surface area contributed by atoms with Crippen LogP contribution in [0.4, 0.5) is 4.39 Å². The number of hydrogen-bond acceptors (Lipinski definition) is 3. The van der Waals surface area contributed by atoms with E-state index in [0.29, 0.717) is 29.5 Å². The molecule has 0 aromatic heterocycles. The van der Waals surface area contributed by atoms with Gasteiger partial charge in [0.1, 0.15) is 5.82 Å². The first kappa shape index (κ1) is 17.9. The summed E-state index contributed by atoms with van der Waals surface area (Å²) in [5, 5.41) is 8.97. The highest BCUT2D eigenvalue weighted by Gasteiger charge is 2.30. The van der Waals surface area contributed by atoms with Gasteiger partial charge in [-0.3, -0.25) is 9.69 Å². The van der Waals surface area contributed by atoms with Crippen molar-refractivity contribution in [3.8, 4) is 6.07 Å². The third-order valence-corrected chi connectivity index (χ3v) is 5.47. The van der Waals surface area contributed by atoms with Gasteiger partial charge in [0.15, 0.2) is 0 Å². The molecule has 0 spiro atoms. The molecule has 1 atom stereocenters. The van der Waals surface area contributed by atoms with Crippen molar-refractivity contribution in [1.29, 1.82) is 5.26 Å². The summed E-state index contributed by atoms with van der Waals surface area (Å²) in [7, 11) is 0. The van der Waals surface area contributed by atoms with E-state index in [0.717, 1.165) is 45.4 Å².